The van der Waals surface area contributed by atoms with Crippen LogP contribution in [0.5, 0.6) is 0 Å². The van der Waals surface area contributed by atoms with Gasteiger partial charge in [0, 0.05) is 0 Å². The van der Waals surface area contributed by atoms with Gasteiger partial charge in [-0.3, -0.25) is 5.32 Å². The summed E-state index contributed by atoms with van der Waals surface area (Å²) < 4.78 is 0. The lowest BCUT2D eigenvalue weighted by Gasteiger charge is -2.13. The van der Waals surface area contributed by atoms with Gasteiger partial charge in [-0.15, -0.1) is 0 Å². The number of rotatable bonds is 5. The summed E-state index contributed by atoms with van der Waals surface area (Å²) in [5.74, 6) is 0.621. The highest BCUT2D eigenvalue weighted by Crippen LogP contribution is 2.25. The highest BCUT2D eigenvalue weighted by atomic mass is 35.5. The Bertz CT molecular complexity index is 410. The van der Waals surface area contributed by atoms with E-state index in [9.17, 15) is 0 Å². The van der Waals surface area contributed by atoms with Crippen molar-refractivity contribution in [3.63, 3.8) is 0 Å². The zero-order valence-electron chi connectivity index (χ0n) is 10.0. The van der Waals surface area contributed by atoms with E-state index in [0.29, 0.717) is 16.0 Å². The van der Waals surface area contributed by atoms with Crippen LogP contribution in [0.15, 0.2) is 18.2 Å². The molecule has 1 atom stereocenters. The summed E-state index contributed by atoms with van der Waals surface area (Å²) in [5.41, 5.74) is 0.852. The standard InChI is InChI=1S/C13H16Cl2N2/c1-9(2)5-6-17-13(8-16)10-3-4-11(14)12(15)7-10/h3-4,7,9,13,17H,5-6H2,1-2H3. The molecular formula is C13H16Cl2N2. The van der Waals surface area contributed by atoms with Crippen LogP contribution in [0.3, 0.4) is 0 Å². The molecule has 4 heteroatoms. The van der Waals surface area contributed by atoms with Gasteiger partial charge in [0.2, 0.25) is 0 Å². The van der Waals surface area contributed by atoms with Gasteiger partial charge in [-0.05, 0) is 36.6 Å². The molecule has 0 aliphatic rings. The predicted octanol–water partition coefficient (Wildman–Crippen LogP) is 4.19. The van der Waals surface area contributed by atoms with E-state index in [1.165, 1.54) is 0 Å². The molecule has 0 saturated heterocycles. The van der Waals surface area contributed by atoms with Crippen LogP contribution in [0.1, 0.15) is 31.9 Å². The minimum absolute atomic E-state index is 0.330. The highest BCUT2D eigenvalue weighted by Gasteiger charge is 2.11. The fourth-order valence-electron chi connectivity index (χ4n) is 1.45. The molecule has 0 fully saturated rings. The molecule has 1 aromatic carbocycles. The molecule has 92 valence electrons. The molecule has 0 aromatic heterocycles. The summed E-state index contributed by atoms with van der Waals surface area (Å²) in [7, 11) is 0. The molecule has 1 rings (SSSR count). The molecule has 17 heavy (non-hydrogen) atoms. The minimum atomic E-state index is -0.330. The normalized spacial score (nSPS) is 12.5. The van der Waals surface area contributed by atoms with Crippen LogP contribution in [-0.4, -0.2) is 6.54 Å². The van der Waals surface area contributed by atoms with Crippen LogP contribution in [0.2, 0.25) is 10.0 Å². The van der Waals surface area contributed by atoms with Crippen molar-refractivity contribution in [1.82, 2.24) is 5.32 Å². The average molecular weight is 271 g/mol. The van der Waals surface area contributed by atoms with Crippen molar-refractivity contribution >= 4 is 23.2 Å². The lowest BCUT2D eigenvalue weighted by Crippen LogP contribution is -2.22. The zero-order chi connectivity index (χ0) is 12.8. The average Bonchev–Trinajstić information content (AvgIpc) is 2.28. The summed E-state index contributed by atoms with van der Waals surface area (Å²) in [5, 5.41) is 13.3. The second-order valence-electron chi connectivity index (χ2n) is 4.37. The first kappa shape index (κ1) is 14.3. The molecule has 1 N–H and O–H groups in total. The monoisotopic (exact) mass is 270 g/mol. The molecule has 0 saturated carbocycles. The molecule has 0 spiro atoms. The van der Waals surface area contributed by atoms with E-state index < -0.39 is 0 Å². The Morgan fingerprint density at radius 3 is 2.53 bits per heavy atom. The predicted molar refractivity (Wildman–Crippen MR) is 72.3 cm³/mol. The summed E-state index contributed by atoms with van der Waals surface area (Å²) in [6.45, 7) is 5.13. The van der Waals surface area contributed by atoms with Crippen LogP contribution >= 0.6 is 23.2 Å². The first-order valence-electron chi connectivity index (χ1n) is 5.62. The molecule has 0 bridgehead atoms. The third-order valence-corrected chi connectivity index (χ3v) is 3.22. The van der Waals surface area contributed by atoms with Gasteiger partial charge in [-0.1, -0.05) is 43.1 Å². The Balaban J connectivity index is 2.67. The number of hydrogen-bond acceptors (Lipinski definition) is 2. The first-order valence-corrected chi connectivity index (χ1v) is 6.38. The Morgan fingerprint density at radius 2 is 2.00 bits per heavy atom. The molecule has 0 aliphatic carbocycles. The number of nitrogens with one attached hydrogen (secondary N) is 1. The first-order chi connectivity index (χ1) is 8.04. The van der Waals surface area contributed by atoms with Gasteiger partial charge < -0.3 is 0 Å². The molecule has 0 amide bonds. The van der Waals surface area contributed by atoms with Crippen LogP contribution in [0.4, 0.5) is 0 Å². The van der Waals surface area contributed by atoms with E-state index in [1.807, 2.05) is 6.07 Å². The maximum atomic E-state index is 9.12. The quantitative estimate of drug-likeness (QED) is 0.871. The Kier molecular flexibility index (Phi) is 5.77. The molecule has 1 unspecified atom stereocenters. The van der Waals surface area contributed by atoms with Gasteiger partial charge in [0.05, 0.1) is 16.1 Å². The van der Waals surface area contributed by atoms with Crippen molar-refractivity contribution < 1.29 is 0 Å². The molecule has 2 nitrogen and oxygen atoms in total. The second kappa shape index (κ2) is 6.86. The fraction of sp³-hybridized carbons (Fsp3) is 0.462. The van der Waals surface area contributed by atoms with Gasteiger partial charge in [0.25, 0.3) is 0 Å². The molecule has 1 aromatic rings. The van der Waals surface area contributed by atoms with Gasteiger partial charge in [0.15, 0.2) is 0 Å². The van der Waals surface area contributed by atoms with Crippen LogP contribution in [0, 0.1) is 17.2 Å². The van der Waals surface area contributed by atoms with Crippen molar-refractivity contribution in [1.29, 1.82) is 5.26 Å². The molecule has 0 aliphatic heterocycles. The number of hydrogen-bond donors (Lipinski definition) is 1. The van der Waals surface area contributed by atoms with E-state index >= 15 is 0 Å². The van der Waals surface area contributed by atoms with Crippen molar-refractivity contribution in [2.24, 2.45) is 5.92 Å². The maximum Gasteiger partial charge on any atom is 0.121 e. The Hall–Kier alpha value is -0.750. The summed E-state index contributed by atoms with van der Waals surface area (Å²) in [4.78, 5) is 0. The molecule has 0 radical (unpaired) electrons. The zero-order valence-corrected chi connectivity index (χ0v) is 11.5. The van der Waals surface area contributed by atoms with E-state index in [-0.39, 0.29) is 6.04 Å². The summed E-state index contributed by atoms with van der Waals surface area (Å²) >= 11 is 11.8. The highest BCUT2D eigenvalue weighted by molar-refractivity contribution is 6.42. The fourth-order valence-corrected chi connectivity index (χ4v) is 1.75. The smallest absolute Gasteiger partial charge is 0.121 e. The van der Waals surface area contributed by atoms with Crippen LogP contribution in [-0.2, 0) is 0 Å². The topological polar surface area (TPSA) is 35.8 Å². The summed E-state index contributed by atoms with van der Waals surface area (Å²) in [6, 6.07) is 7.17. The van der Waals surface area contributed by atoms with E-state index in [4.69, 9.17) is 28.5 Å². The van der Waals surface area contributed by atoms with Crippen molar-refractivity contribution in [3.05, 3.63) is 33.8 Å². The van der Waals surface area contributed by atoms with Gasteiger partial charge >= 0.3 is 0 Å². The van der Waals surface area contributed by atoms with Crippen molar-refractivity contribution in [2.45, 2.75) is 26.3 Å². The van der Waals surface area contributed by atoms with Crippen molar-refractivity contribution in [3.8, 4) is 6.07 Å². The number of nitrogens with zero attached hydrogens (tertiary/aromatic N) is 1. The Labute approximate surface area is 113 Å². The minimum Gasteiger partial charge on any atom is -0.298 e. The van der Waals surface area contributed by atoms with Crippen LogP contribution < -0.4 is 5.32 Å². The lowest BCUT2D eigenvalue weighted by molar-refractivity contribution is 0.519. The lowest BCUT2D eigenvalue weighted by atomic mass is 10.1. The SMILES string of the molecule is CC(C)CCNC(C#N)c1ccc(Cl)c(Cl)c1. The Morgan fingerprint density at radius 1 is 1.29 bits per heavy atom. The second-order valence-corrected chi connectivity index (χ2v) is 5.19. The third kappa shape index (κ3) is 4.55. The number of benzene rings is 1. The van der Waals surface area contributed by atoms with Gasteiger partial charge in [0.1, 0.15) is 6.04 Å². The van der Waals surface area contributed by atoms with E-state index in [1.54, 1.807) is 12.1 Å². The molecule has 0 heterocycles. The largest absolute Gasteiger partial charge is 0.298 e. The molecular weight excluding hydrogens is 255 g/mol. The van der Waals surface area contributed by atoms with Gasteiger partial charge in [-0.2, -0.15) is 5.26 Å². The van der Waals surface area contributed by atoms with E-state index in [0.717, 1.165) is 18.5 Å². The van der Waals surface area contributed by atoms with E-state index in [2.05, 4.69) is 25.2 Å². The summed E-state index contributed by atoms with van der Waals surface area (Å²) in [6.07, 6.45) is 1.04. The van der Waals surface area contributed by atoms with Crippen LogP contribution in [0.25, 0.3) is 0 Å². The number of nitriles is 1. The number of halogens is 2. The van der Waals surface area contributed by atoms with Crippen molar-refractivity contribution in [2.75, 3.05) is 6.54 Å². The maximum absolute atomic E-state index is 9.12. The third-order valence-electron chi connectivity index (χ3n) is 2.48. The van der Waals surface area contributed by atoms with Gasteiger partial charge in [-0.25, -0.2) is 0 Å².